The molecule has 1 N–H and O–H groups in total. The van der Waals surface area contributed by atoms with E-state index in [-0.39, 0.29) is 12.0 Å². The Morgan fingerprint density at radius 3 is 2.39 bits per heavy atom. The Balaban J connectivity index is 2.40. The summed E-state index contributed by atoms with van der Waals surface area (Å²) in [7, 11) is 0. The summed E-state index contributed by atoms with van der Waals surface area (Å²) in [6.07, 6.45) is 7.90. The van der Waals surface area contributed by atoms with Gasteiger partial charge in [0.1, 0.15) is 6.04 Å². The maximum Gasteiger partial charge on any atom is 0.324 e. The van der Waals surface area contributed by atoms with Crippen molar-refractivity contribution in [3.05, 3.63) is 0 Å². The van der Waals surface area contributed by atoms with Crippen LogP contribution >= 0.6 is 11.8 Å². The molecule has 1 fully saturated rings. The van der Waals surface area contributed by atoms with E-state index in [1.165, 1.54) is 19.3 Å². The molecule has 106 valence electrons. The lowest BCUT2D eigenvalue weighted by Crippen LogP contribution is -2.41. The number of hydrogen-bond acceptors (Lipinski definition) is 3. The largest absolute Gasteiger partial charge is 0.464 e. The van der Waals surface area contributed by atoms with Crippen molar-refractivity contribution in [2.24, 2.45) is 11.8 Å². The highest BCUT2D eigenvalue weighted by Gasteiger charge is 2.30. The van der Waals surface area contributed by atoms with E-state index in [0.717, 1.165) is 25.7 Å². The van der Waals surface area contributed by atoms with E-state index in [2.05, 4.69) is 18.7 Å². The second kappa shape index (κ2) is 8.76. The minimum absolute atomic E-state index is 0.177. The number of rotatable bonds is 7. The van der Waals surface area contributed by atoms with Crippen LogP contribution in [0.2, 0.25) is 0 Å². The molecule has 0 bridgehead atoms. The minimum atomic E-state index is -0.332. The summed E-state index contributed by atoms with van der Waals surface area (Å²) in [5.41, 5.74) is 0. The van der Waals surface area contributed by atoms with Gasteiger partial charge >= 0.3 is 5.97 Å². The molecule has 1 aliphatic rings. The lowest BCUT2D eigenvalue weighted by molar-refractivity contribution is -0.149. The monoisotopic (exact) mass is 275 g/mol. The molecule has 1 rings (SSSR count). The summed E-state index contributed by atoms with van der Waals surface area (Å²) < 4.78 is 5.41. The fourth-order valence-corrected chi connectivity index (χ4v) is 2.87. The molecular weight excluding hydrogens is 250 g/mol. The van der Waals surface area contributed by atoms with Gasteiger partial charge < -0.3 is 4.74 Å². The Labute approximate surface area is 116 Å². The first-order valence-electron chi connectivity index (χ1n) is 7.25. The van der Waals surface area contributed by atoms with E-state index >= 15 is 0 Å². The summed E-state index contributed by atoms with van der Waals surface area (Å²) in [6, 6.07) is -0.332. The van der Waals surface area contributed by atoms with E-state index in [9.17, 15) is 4.79 Å². The molecule has 0 aromatic carbocycles. The molecule has 0 heterocycles. The number of carbonyl (C=O) groups excluding carboxylic acids is 1. The molecule has 0 unspecified atom stereocenters. The summed E-state index contributed by atoms with van der Waals surface area (Å²) >= 11 is 5.73. The van der Waals surface area contributed by atoms with Crippen molar-refractivity contribution >= 4 is 17.7 Å². The van der Waals surface area contributed by atoms with Gasteiger partial charge in [-0.15, -0.1) is 0 Å². The number of nitrogens with one attached hydrogen (secondary N) is 1. The SMILES string of the molecule is CCC(CC)COC(=O)[C@@H](NCl)C1CCCCC1. The maximum atomic E-state index is 12.0. The summed E-state index contributed by atoms with van der Waals surface area (Å²) in [6.45, 7) is 4.77. The Morgan fingerprint density at radius 1 is 1.28 bits per heavy atom. The number of carbonyl (C=O) groups is 1. The third-order valence-corrected chi connectivity index (χ3v) is 4.34. The predicted octanol–water partition coefficient (Wildman–Crippen LogP) is 3.66. The molecule has 0 saturated heterocycles. The van der Waals surface area contributed by atoms with Crippen LogP contribution in [0.15, 0.2) is 0 Å². The van der Waals surface area contributed by atoms with Crippen LogP contribution < -0.4 is 4.84 Å². The van der Waals surface area contributed by atoms with E-state index in [4.69, 9.17) is 16.5 Å². The lowest BCUT2D eigenvalue weighted by atomic mass is 9.84. The molecule has 0 radical (unpaired) electrons. The molecule has 1 atom stereocenters. The third-order valence-electron chi connectivity index (χ3n) is 4.11. The number of ether oxygens (including phenoxy) is 1. The van der Waals surface area contributed by atoms with Crippen LogP contribution in [0.25, 0.3) is 0 Å². The first kappa shape index (κ1) is 15.8. The summed E-state index contributed by atoms with van der Waals surface area (Å²) in [5.74, 6) is 0.630. The number of halogens is 1. The zero-order chi connectivity index (χ0) is 13.4. The number of hydrogen-bond donors (Lipinski definition) is 1. The highest BCUT2D eigenvalue weighted by atomic mass is 35.5. The highest BCUT2D eigenvalue weighted by molar-refractivity contribution is 6.14. The molecule has 3 nitrogen and oxygen atoms in total. The van der Waals surface area contributed by atoms with E-state index in [1.54, 1.807) is 0 Å². The van der Waals surface area contributed by atoms with Crippen molar-refractivity contribution < 1.29 is 9.53 Å². The topological polar surface area (TPSA) is 38.3 Å². The van der Waals surface area contributed by atoms with E-state index in [0.29, 0.717) is 18.4 Å². The molecular formula is C14H26ClNO2. The van der Waals surface area contributed by atoms with Gasteiger partial charge in [-0.1, -0.05) is 46.0 Å². The molecule has 0 aromatic rings. The van der Waals surface area contributed by atoms with Crippen LogP contribution in [0.5, 0.6) is 0 Å². The Kier molecular flexibility index (Phi) is 7.68. The average Bonchev–Trinajstić information content (AvgIpc) is 2.42. The van der Waals surface area contributed by atoms with Gasteiger partial charge in [-0.05, 0) is 36.5 Å². The predicted molar refractivity (Wildman–Crippen MR) is 74.4 cm³/mol. The van der Waals surface area contributed by atoms with Gasteiger partial charge in [-0.2, -0.15) is 0 Å². The van der Waals surface area contributed by atoms with E-state index < -0.39 is 0 Å². The van der Waals surface area contributed by atoms with Gasteiger partial charge in [0.15, 0.2) is 0 Å². The molecule has 0 aromatic heterocycles. The fourth-order valence-electron chi connectivity index (χ4n) is 2.61. The van der Waals surface area contributed by atoms with Crippen LogP contribution in [0.3, 0.4) is 0 Å². The molecule has 1 saturated carbocycles. The first-order valence-corrected chi connectivity index (χ1v) is 7.63. The second-order valence-corrected chi connectivity index (χ2v) is 5.52. The van der Waals surface area contributed by atoms with Crippen molar-refractivity contribution in [3.8, 4) is 0 Å². The molecule has 4 heteroatoms. The zero-order valence-electron chi connectivity index (χ0n) is 11.6. The molecule has 18 heavy (non-hydrogen) atoms. The van der Waals surface area contributed by atoms with Crippen LogP contribution in [0.4, 0.5) is 0 Å². The van der Waals surface area contributed by atoms with Crippen LogP contribution in [0, 0.1) is 11.8 Å². The first-order chi connectivity index (χ1) is 8.72. The Hall–Kier alpha value is -0.280. The lowest BCUT2D eigenvalue weighted by Gasteiger charge is -2.28. The van der Waals surface area contributed by atoms with Crippen molar-refractivity contribution in [2.75, 3.05) is 6.61 Å². The van der Waals surface area contributed by atoms with Crippen LogP contribution in [0.1, 0.15) is 58.8 Å². The average molecular weight is 276 g/mol. The molecule has 0 spiro atoms. The van der Waals surface area contributed by atoms with Crippen molar-refractivity contribution in [1.29, 1.82) is 0 Å². The van der Waals surface area contributed by atoms with E-state index in [1.807, 2.05) is 0 Å². The maximum absolute atomic E-state index is 12.0. The quantitative estimate of drug-likeness (QED) is 0.569. The summed E-state index contributed by atoms with van der Waals surface area (Å²) in [5, 5.41) is 0. The smallest absolute Gasteiger partial charge is 0.324 e. The third kappa shape index (κ3) is 4.77. The summed E-state index contributed by atoms with van der Waals surface area (Å²) in [4.78, 5) is 14.7. The van der Waals surface area contributed by atoms with Crippen LogP contribution in [-0.2, 0) is 9.53 Å². The number of esters is 1. The van der Waals surface area contributed by atoms with Gasteiger partial charge in [0.2, 0.25) is 0 Å². The van der Waals surface area contributed by atoms with Gasteiger partial charge in [-0.25, -0.2) is 4.84 Å². The van der Waals surface area contributed by atoms with Gasteiger partial charge in [0.05, 0.1) is 6.61 Å². The van der Waals surface area contributed by atoms with Gasteiger partial charge in [-0.3, -0.25) is 4.79 Å². The molecule has 0 aliphatic heterocycles. The second-order valence-electron chi connectivity index (χ2n) is 5.30. The molecule has 1 aliphatic carbocycles. The zero-order valence-corrected chi connectivity index (χ0v) is 12.3. The van der Waals surface area contributed by atoms with Gasteiger partial charge in [0, 0.05) is 0 Å². The standard InChI is InChI=1S/C14H26ClNO2/c1-3-11(4-2)10-18-14(17)13(16-15)12-8-6-5-7-9-12/h11-13,16H,3-10H2,1-2H3/t13-/m0/s1. The van der Waals surface area contributed by atoms with Gasteiger partial charge in [0.25, 0.3) is 0 Å². The van der Waals surface area contributed by atoms with Crippen molar-refractivity contribution in [2.45, 2.75) is 64.8 Å². The van der Waals surface area contributed by atoms with Crippen LogP contribution in [-0.4, -0.2) is 18.6 Å². The Morgan fingerprint density at radius 2 is 1.89 bits per heavy atom. The minimum Gasteiger partial charge on any atom is -0.464 e. The highest BCUT2D eigenvalue weighted by Crippen LogP contribution is 2.27. The fraction of sp³-hybridized carbons (Fsp3) is 0.929. The van der Waals surface area contributed by atoms with Crippen molar-refractivity contribution in [3.63, 3.8) is 0 Å². The Bertz CT molecular complexity index is 238. The molecule has 0 amide bonds. The van der Waals surface area contributed by atoms with Crippen molar-refractivity contribution in [1.82, 2.24) is 4.84 Å². The normalized spacial score (nSPS) is 18.9.